The molecule has 0 heterocycles. The zero-order valence-electron chi connectivity index (χ0n) is 20.3. The minimum Gasteiger partial charge on any atom is -0.0625 e. The number of hydrogen-bond donors (Lipinski definition) is 0. The molecule has 0 aromatic heterocycles. The van der Waals surface area contributed by atoms with E-state index in [1.165, 1.54) is 60.5 Å². The van der Waals surface area contributed by atoms with Gasteiger partial charge in [0.15, 0.2) is 0 Å². The van der Waals surface area contributed by atoms with Gasteiger partial charge in [-0.25, -0.2) is 0 Å². The molecule has 0 aliphatic heterocycles. The third kappa shape index (κ3) is 4.54. The van der Waals surface area contributed by atoms with Gasteiger partial charge in [-0.1, -0.05) is 81.3 Å². The average molecular weight is 409 g/mol. The van der Waals surface area contributed by atoms with Crippen LogP contribution in [0.5, 0.6) is 0 Å². The maximum atomic E-state index is 2.46. The molecule has 0 fully saturated rings. The van der Waals surface area contributed by atoms with Crippen molar-refractivity contribution in [3.05, 3.63) is 82.4 Å². The van der Waals surface area contributed by atoms with Crippen LogP contribution in [0.3, 0.4) is 0 Å². The monoisotopic (exact) mass is 408 g/mol. The van der Waals surface area contributed by atoms with E-state index in [-0.39, 0.29) is 0 Å². The van der Waals surface area contributed by atoms with Crippen molar-refractivity contribution in [1.82, 2.24) is 0 Å². The van der Waals surface area contributed by atoms with Gasteiger partial charge in [-0.3, -0.25) is 0 Å². The highest BCUT2D eigenvalue weighted by atomic mass is 14.2. The van der Waals surface area contributed by atoms with Crippen molar-refractivity contribution in [2.45, 2.75) is 61.3 Å². The quantitative estimate of drug-likeness (QED) is 0.309. The molecule has 0 unspecified atom stereocenters. The second-order valence-corrected chi connectivity index (χ2v) is 10.4. The fourth-order valence-corrected chi connectivity index (χ4v) is 5.00. The highest BCUT2D eigenvalue weighted by Crippen LogP contribution is 2.35. The predicted molar refractivity (Wildman–Crippen MR) is 138 cm³/mol. The molecule has 0 atom stereocenters. The van der Waals surface area contributed by atoms with E-state index in [1.807, 2.05) is 0 Å². The fourth-order valence-electron chi connectivity index (χ4n) is 5.00. The maximum Gasteiger partial charge on any atom is -0.0143 e. The van der Waals surface area contributed by atoms with Gasteiger partial charge in [-0.2, -0.15) is 0 Å². The summed E-state index contributed by atoms with van der Waals surface area (Å²) in [5.41, 5.74) is 9.70. The van der Waals surface area contributed by atoms with Crippen molar-refractivity contribution >= 4 is 21.5 Å². The Labute approximate surface area is 188 Å². The first-order valence-corrected chi connectivity index (χ1v) is 11.8. The van der Waals surface area contributed by atoms with Crippen LogP contribution in [-0.2, 0) is 12.8 Å². The van der Waals surface area contributed by atoms with E-state index in [1.54, 1.807) is 0 Å². The second-order valence-electron chi connectivity index (χ2n) is 10.4. The van der Waals surface area contributed by atoms with Gasteiger partial charge in [-0.05, 0) is 107 Å². The van der Waals surface area contributed by atoms with E-state index in [0.717, 1.165) is 12.8 Å². The smallest absolute Gasteiger partial charge is 0.0143 e. The minimum atomic E-state index is 0.633. The lowest BCUT2D eigenvalue weighted by Gasteiger charge is -2.18. The van der Waals surface area contributed by atoms with Crippen LogP contribution in [0.4, 0.5) is 0 Å². The highest BCUT2D eigenvalue weighted by Gasteiger charge is 2.13. The maximum absolute atomic E-state index is 2.46. The van der Waals surface area contributed by atoms with Crippen molar-refractivity contribution in [2.75, 3.05) is 0 Å². The zero-order chi connectivity index (χ0) is 22.3. The standard InChI is InChI=1S/C31H36/c1-19(2)10-26-13-22(6)14-30-27(11-20(3)4)17-25(18-31(26)30)24-15-23(7)29-9-8-21(5)12-28(29)16-24/h8-9,12-20H,10-11H2,1-7H3. The van der Waals surface area contributed by atoms with E-state index in [9.17, 15) is 0 Å². The third-order valence-electron chi connectivity index (χ3n) is 6.29. The van der Waals surface area contributed by atoms with Crippen LogP contribution in [0.1, 0.15) is 55.5 Å². The molecule has 0 aliphatic rings. The number of hydrogen-bond acceptors (Lipinski definition) is 0. The lowest BCUT2D eigenvalue weighted by Crippen LogP contribution is -2.01. The molecule has 0 aliphatic carbocycles. The molecule has 0 N–H and O–H groups in total. The summed E-state index contributed by atoms with van der Waals surface area (Å²) in [6.07, 6.45) is 2.24. The Bertz CT molecular complexity index is 1250. The largest absolute Gasteiger partial charge is 0.0625 e. The molecule has 0 spiro atoms. The van der Waals surface area contributed by atoms with Crippen LogP contribution in [0.2, 0.25) is 0 Å². The topological polar surface area (TPSA) is 0 Å². The van der Waals surface area contributed by atoms with Crippen molar-refractivity contribution in [3.63, 3.8) is 0 Å². The van der Waals surface area contributed by atoms with Crippen molar-refractivity contribution in [2.24, 2.45) is 11.8 Å². The van der Waals surface area contributed by atoms with Crippen LogP contribution >= 0.6 is 0 Å². The fraction of sp³-hybridized carbons (Fsp3) is 0.355. The summed E-state index contributed by atoms with van der Waals surface area (Å²) in [6.45, 7) is 16.0. The van der Waals surface area contributed by atoms with Crippen LogP contribution in [0.25, 0.3) is 32.7 Å². The molecule has 31 heavy (non-hydrogen) atoms. The molecule has 0 heteroatoms. The van der Waals surface area contributed by atoms with Crippen LogP contribution < -0.4 is 0 Å². The Morgan fingerprint density at radius 3 is 1.84 bits per heavy atom. The molecule has 160 valence electrons. The van der Waals surface area contributed by atoms with Crippen molar-refractivity contribution in [3.8, 4) is 11.1 Å². The summed E-state index contributed by atoms with van der Waals surface area (Å²) in [4.78, 5) is 0. The van der Waals surface area contributed by atoms with Crippen molar-refractivity contribution < 1.29 is 0 Å². The lowest BCUT2D eigenvalue weighted by atomic mass is 9.87. The number of benzene rings is 4. The van der Waals surface area contributed by atoms with E-state index >= 15 is 0 Å². The number of aryl methyl sites for hydroxylation is 3. The Kier molecular flexibility index (Phi) is 5.93. The van der Waals surface area contributed by atoms with E-state index < -0.39 is 0 Å². The molecule has 0 amide bonds. The average Bonchev–Trinajstić information content (AvgIpc) is 2.67. The Morgan fingerprint density at radius 2 is 1.16 bits per heavy atom. The van der Waals surface area contributed by atoms with Gasteiger partial charge in [0.05, 0.1) is 0 Å². The van der Waals surface area contributed by atoms with Gasteiger partial charge in [0, 0.05) is 0 Å². The van der Waals surface area contributed by atoms with Gasteiger partial charge in [-0.15, -0.1) is 0 Å². The highest BCUT2D eigenvalue weighted by molar-refractivity contribution is 5.96. The summed E-state index contributed by atoms with van der Waals surface area (Å²) in [5, 5.41) is 5.58. The predicted octanol–water partition coefficient (Wildman–Crippen LogP) is 8.98. The van der Waals surface area contributed by atoms with Crippen LogP contribution in [-0.4, -0.2) is 0 Å². The second kappa shape index (κ2) is 8.50. The Balaban J connectivity index is 2.00. The molecule has 0 saturated heterocycles. The summed E-state index contributed by atoms with van der Waals surface area (Å²) >= 11 is 0. The molecule has 4 aromatic rings. The van der Waals surface area contributed by atoms with Crippen molar-refractivity contribution in [1.29, 1.82) is 0 Å². The van der Waals surface area contributed by atoms with E-state index in [2.05, 4.69) is 103 Å². The normalized spacial score (nSPS) is 11.9. The molecule has 4 rings (SSSR count). The van der Waals surface area contributed by atoms with Gasteiger partial charge >= 0.3 is 0 Å². The zero-order valence-corrected chi connectivity index (χ0v) is 20.3. The van der Waals surface area contributed by atoms with Gasteiger partial charge in [0.2, 0.25) is 0 Å². The molecular formula is C31H36. The summed E-state index contributed by atoms with van der Waals surface area (Å²) < 4.78 is 0. The molecule has 0 radical (unpaired) electrons. The molecule has 0 bridgehead atoms. The first-order valence-electron chi connectivity index (χ1n) is 11.8. The molecule has 0 saturated carbocycles. The SMILES string of the molecule is Cc1ccc2c(C)cc(-c3cc(CC(C)C)c4cc(C)cc(CC(C)C)c4c3)cc2c1. The first-order chi connectivity index (χ1) is 14.7. The molecule has 4 aromatic carbocycles. The molecular weight excluding hydrogens is 372 g/mol. The lowest BCUT2D eigenvalue weighted by molar-refractivity contribution is 0.647. The van der Waals surface area contributed by atoms with Gasteiger partial charge < -0.3 is 0 Å². The van der Waals surface area contributed by atoms with Gasteiger partial charge in [0.1, 0.15) is 0 Å². The third-order valence-corrected chi connectivity index (χ3v) is 6.29. The minimum absolute atomic E-state index is 0.633. The Hall–Kier alpha value is -2.60. The van der Waals surface area contributed by atoms with Crippen LogP contribution in [0, 0.1) is 32.6 Å². The molecule has 0 nitrogen and oxygen atoms in total. The van der Waals surface area contributed by atoms with Gasteiger partial charge in [0.25, 0.3) is 0 Å². The summed E-state index contributed by atoms with van der Waals surface area (Å²) in [5.74, 6) is 1.28. The van der Waals surface area contributed by atoms with Crippen LogP contribution in [0.15, 0.2) is 54.6 Å². The first kappa shape index (κ1) is 21.6. The van der Waals surface area contributed by atoms with E-state index in [0.29, 0.717) is 11.8 Å². The summed E-state index contributed by atoms with van der Waals surface area (Å²) in [6, 6.07) is 21.2. The number of fused-ring (bicyclic) bond motifs is 2. The summed E-state index contributed by atoms with van der Waals surface area (Å²) in [7, 11) is 0. The Morgan fingerprint density at radius 1 is 0.548 bits per heavy atom. The van der Waals surface area contributed by atoms with E-state index in [4.69, 9.17) is 0 Å². The number of rotatable bonds is 5.